The number of piperidine rings is 1. The Bertz CT molecular complexity index is 346. The number of benzene rings is 1. The van der Waals surface area contributed by atoms with Gasteiger partial charge < -0.3 is 5.32 Å². The summed E-state index contributed by atoms with van der Waals surface area (Å²) >= 11 is 0. The van der Waals surface area contributed by atoms with E-state index in [0.717, 1.165) is 5.92 Å². The second-order valence-electron chi connectivity index (χ2n) is 5.28. The fourth-order valence-electron chi connectivity index (χ4n) is 3.10. The molecule has 1 aromatic carbocycles. The van der Waals surface area contributed by atoms with Crippen LogP contribution in [0.4, 0.5) is 0 Å². The Morgan fingerprint density at radius 2 is 1.80 bits per heavy atom. The van der Waals surface area contributed by atoms with Gasteiger partial charge in [0.2, 0.25) is 0 Å². The van der Waals surface area contributed by atoms with E-state index in [9.17, 15) is 0 Å². The Morgan fingerprint density at radius 1 is 1.13 bits per heavy atom. The maximum absolute atomic E-state index is 3.46. The number of rotatable bonds is 1. The Labute approximate surface area is 91.9 Å². The summed E-state index contributed by atoms with van der Waals surface area (Å²) in [6, 6.07) is 9.17. The van der Waals surface area contributed by atoms with Crippen LogP contribution in [0.3, 0.4) is 0 Å². The molecule has 2 fully saturated rings. The first-order chi connectivity index (χ1) is 7.30. The van der Waals surface area contributed by atoms with Crippen molar-refractivity contribution in [2.24, 2.45) is 5.41 Å². The van der Waals surface area contributed by atoms with Crippen molar-refractivity contribution in [2.75, 3.05) is 13.1 Å². The summed E-state index contributed by atoms with van der Waals surface area (Å²) in [5.41, 5.74) is 3.63. The topological polar surface area (TPSA) is 12.0 Å². The van der Waals surface area contributed by atoms with E-state index in [1.807, 2.05) is 0 Å². The Kier molecular flexibility index (Phi) is 2.10. The van der Waals surface area contributed by atoms with E-state index in [1.165, 1.54) is 37.9 Å². The highest BCUT2D eigenvalue weighted by molar-refractivity contribution is 5.32. The highest BCUT2D eigenvalue weighted by Crippen LogP contribution is 2.64. The van der Waals surface area contributed by atoms with Gasteiger partial charge in [0.1, 0.15) is 0 Å². The zero-order valence-corrected chi connectivity index (χ0v) is 9.42. The van der Waals surface area contributed by atoms with Gasteiger partial charge in [0.05, 0.1) is 0 Å². The van der Waals surface area contributed by atoms with Gasteiger partial charge in [0.15, 0.2) is 0 Å². The van der Waals surface area contributed by atoms with Gasteiger partial charge in [0, 0.05) is 0 Å². The van der Waals surface area contributed by atoms with Gasteiger partial charge in [0.25, 0.3) is 0 Å². The molecule has 0 bridgehead atoms. The van der Waals surface area contributed by atoms with Crippen molar-refractivity contribution < 1.29 is 0 Å². The molecule has 1 unspecified atom stereocenters. The third-order valence-corrected chi connectivity index (χ3v) is 4.27. The minimum atomic E-state index is 0.681. The van der Waals surface area contributed by atoms with E-state index in [2.05, 4.69) is 36.5 Å². The second kappa shape index (κ2) is 3.34. The number of hydrogen-bond donors (Lipinski definition) is 1. The largest absolute Gasteiger partial charge is 0.317 e. The predicted molar refractivity (Wildman–Crippen MR) is 63.1 cm³/mol. The Balaban J connectivity index is 1.77. The molecule has 0 amide bonds. The van der Waals surface area contributed by atoms with Crippen LogP contribution in [0.2, 0.25) is 0 Å². The summed E-state index contributed by atoms with van der Waals surface area (Å²) in [5, 5.41) is 3.46. The first-order valence-corrected chi connectivity index (χ1v) is 6.07. The zero-order valence-electron chi connectivity index (χ0n) is 9.42. The van der Waals surface area contributed by atoms with Crippen LogP contribution < -0.4 is 5.32 Å². The molecule has 1 saturated heterocycles. The second-order valence-corrected chi connectivity index (χ2v) is 5.28. The van der Waals surface area contributed by atoms with Crippen molar-refractivity contribution in [1.29, 1.82) is 0 Å². The first-order valence-electron chi connectivity index (χ1n) is 6.07. The van der Waals surface area contributed by atoms with Crippen molar-refractivity contribution >= 4 is 0 Å². The number of hydrogen-bond acceptors (Lipinski definition) is 1. The molecule has 1 spiro atoms. The molecule has 1 N–H and O–H groups in total. The van der Waals surface area contributed by atoms with Crippen molar-refractivity contribution in [3.63, 3.8) is 0 Å². The van der Waals surface area contributed by atoms with Gasteiger partial charge in [-0.25, -0.2) is 0 Å². The fourth-order valence-corrected chi connectivity index (χ4v) is 3.10. The van der Waals surface area contributed by atoms with Gasteiger partial charge in [-0.2, -0.15) is 0 Å². The van der Waals surface area contributed by atoms with Crippen LogP contribution in [-0.4, -0.2) is 13.1 Å². The van der Waals surface area contributed by atoms with Crippen LogP contribution in [0.15, 0.2) is 24.3 Å². The third-order valence-electron chi connectivity index (χ3n) is 4.27. The lowest BCUT2D eigenvalue weighted by Crippen LogP contribution is -2.29. The number of aryl methyl sites for hydroxylation is 1. The molecule has 1 heteroatoms. The van der Waals surface area contributed by atoms with Crippen LogP contribution in [0.25, 0.3) is 0 Å². The molecule has 1 aromatic rings. The van der Waals surface area contributed by atoms with Gasteiger partial charge in [-0.05, 0) is 56.2 Å². The highest BCUT2D eigenvalue weighted by atomic mass is 14.9. The van der Waals surface area contributed by atoms with Gasteiger partial charge in [-0.15, -0.1) is 0 Å². The maximum Gasteiger partial charge on any atom is -0.00434 e. The monoisotopic (exact) mass is 201 g/mol. The van der Waals surface area contributed by atoms with Crippen LogP contribution >= 0.6 is 0 Å². The molecule has 1 aliphatic carbocycles. The molecule has 0 aromatic heterocycles. The van der Waals surface area contributed by atoms with Crippen LogP contribution in [0.5, 0.6) is 0 Å². The van der Waals surface area contributed by atoms with E-state index < -0.39 is 0 Å². The van der Waals surface area contributed by atoms with Crippen LogP contribution in [-0.2, 0) is 0 Å². The molecule has 2 aliphatic rings. The van der Waals surface area contributed by atoms with Gasteiger partial charge >= 0.3 is 0 Å². The minimum Gasteiger partial charge on any atom is -0.317 e. The van der Waals surface area contributed by atoms with Gasteiger partial charge in [-0.3, -0.25) is 0 Å². The molecule has 1 aliphatic heterocycles. The van der Waals surface area contributed by atoms with Crippen molar-refractivity contribution in [3.05, 3.63) is 35.4 Å². The van der Waals surface area contributed by atoms with Crippen LogP contribution in [0.1, 0.15) is 36.3 Å². The molecular formula is C14H19N. The average molecular weight is 201 g/mol. The van der Waals surface area contributed by atoms with E-state index in [4.69, 9.17) is 0 Å². The van der Waals surface area contributed by atoms with Gasteiger partial charge in [-0.1, -0.05) is 29.8 Å². The van der Waals surface area contributed by atoms with Crippen molar-refractivity contribution in [3.8, 4) is 0 Å². The normalized spacial score (nSPS) is 27.9. The summed E-state index contributed by atoms with van der Waals surface area (Å²) in [5.74, 6) is 0.861. The molecule has 1 heterocycles. The minimum absolute atomic E-state index is 0.681. The summed E-state index contributed by atoms with van der Waals surface area (Å²) < 4.78 is 0. The molecule has 15 heavy (non-hydrogen) atoms. The summed E-state index contributed by atoms with van der Waals surface area (Å²) in [4.78, 5) is 0. The summed E-state index contributed by atoms with van der Waals surface area (Å²) in [6.45, 7) is 4.61. The molecule has 0 radical (unpaired) electrons. The summed E-state index contributed by atoms with van der Waals surface area (Å²) in [7, 11) is 0. The Morgan fingerprint density at radius 3 is 2.47 bits per heavy atom. The van der Waals surface area contributed by atoms with E-state index in [1.54, 1.807) is 5.56 Å². The van der Waals surface area contributed by atoms with Crippen LogP contribution in [0, 0.1) is 12.3 Å². The molecule has 3 rings (SSSR count). The molecule has 1 saturated carbocycles. The molecule has 1 nitrogen and oxygen atoms in total. The third kappa shape index (κ3) is 1.59. The van der Waals surface area contributed by atoms with E-state index in [-0.39, 0.29) is 0 Å². The average Bonchev–Trinajstić information content (AvgIpc) is 2.94. The molecule has 80 valence electrons. The Hall–Kier alpha value is -0.820. The smallest absolute Gasteiger partial charge is 0.00434 e. The van der Waals surface area contributed by atoms with Crippen molar-refractivity contribution in [2.45, 2.75) is 32.1 Å². The van der Waals surface area contributed by atoms with Crippen molar-refractivity contribution in [1.82, 2.24) is 5.32 Å². The number of nitrogens with one attached hydrogen (secondary N) is 1. The first kappa shape index (κ1) is 9.41. The lowest BCUT2D eigenvalue weighted by molar-refractivity contribution is 0.342. The molecule has 1 atom stereocenters. The summed E-state index contributed by atoms with van der Waals surface area (Å²) in [6.07, 6.45) is 4.19. The zero-order chi connectivity index (χ0) is 10.3. The SMILES string of the molecule is Cc1ccc(C2CC23CCNCC3)cc1. The molecular weight excluding hydrogens is 182 g/mol. The predicted octanol–water partition coefficient (Wildman–Crippen LogP) is 2.85. The maximum atomic E-state index is 3.46. The lowest BCUT2D eigenvalue weighted by Gasteiger charge is -2.23. The van der Waals surface area contributed by atoms with E-state index >= 15 is 0 Å². The lowest BCUT2D eigenvalue weighted by atomic mass is 9.89. The quantitative estimate of drug-likeness (QED) is 0.736. The van der Waals surface area contributed by atoms with E-state index in [0.29, 0.717) is 5.41 Å². The fraction of sp³-hybridized carbons (Fsp3) is 0.571. The highest BCUT2D eigenvalue weighted by Gasteiger charge is 2.54. The standard InChI is InChI=1S/C14H19N/c1-11-2-4-12(5-3-11)13-10-14(13)6-8-15-9-7-14/h2-5,13,15H,6-10H2,1H3.